The molecule has 0 radical (unpaired) electrons. The number of carbonyl (C=O) groups is 2. The average molecular weight is 414 g/mol. The first kappa shape index (κ1) is 22.0. The van der Waals surface area contributed by atoms with Crippen LogP contribution in [0, 0.1) is 5.92 Å². The van der Waals surface area contributed by atoms with E-state index in [4.69, 9.17) is 4.74 Å². The van der Waals surface area contributed by atoms with Gasteiger partial charge >= 0.3 is 5.97 Å². The maximum absolute atomic E-state index is 13.1. The normalized spacial score (nSPS) is 11.3. The molecule has 31 heavy (non-hydrogen) atoms. The zero-order valence-electron chi connectivity index (χ0n) is 17.9. The maximum atomic E-state index is 13.1. The van der Waals surface area contributed by atoms with Gasteiger partial charge in [-0.3, -0.25) is 4.79 Å². The van der Waals surface area contributed by atoms with Crippen molar-refractivity contribution in [1.82, 2.24) is 0 Å². The number of hydrogen-bond acceptors (Lipinski definition) is 3. The van der Waals surface area contributed by atoms with Crippen LogP contribution in [-0.4, -0.2) is 18.5 Å². The van der Waals surface area contributed by atoms with Crippen LogP contribution in [-0.2, 0) is 9.53 Å². The van der Waals surface area contributed by atoms with Crippen LogP contribution in [0.4, 0.5) is 5.69 Å². The molecule has 0 saturated carbocycles. The fraction of sp³-hybridized carbons (Fsp3) is 0.185. The predicted molar refractivity (Wildman–Crippen MR) is 126 cm³/mol. The van der Waals surface area contributed by atoms with E-state index < -0.39 is 0 Å². The van der Waals surface area contributed by atoms with Gasteiger partial charge in [0.15, 0.2) is 0 Å². The summed E-state index contributed by atoms with van der Waals surface area (Å²) < 4.78 is 5.29. The quantitative estimate of drug-likeness (QED) is 0.277. The number of esters is 1. The molecule has 0 atom stereocenters. The van der Waals surface area contributed by atoms with Crippen LogP contribution in [0.1, 0.15) is 41.8 Å². The Morgan fingerprint density at radius 2 is 1.45 bits per heavy atom. The van der Waals surface area contributed by atoms with Crippen LogP contribution >= 0.6 is 0 Å². The molecule has 0 spiro atoms. The van der Waals surface area contributed by atoms with Crippen molar-refractivity contribution in [1.29, 1.82) is 0 Å². The smallest absolute Gasteiger partial charge is 0.338 e. The fourth-order valence-electron chi connectivity index (χ4n) is 2.97. The van der Waals surface area contributed by atoms with Gasteiger partial charge in [0.25, 0.3) is 5.91 Å². The number of carbonyl (C=O) groups excluding carboxylic acids is 2. The zero-order chi connectivity index (χ0) is 22.1. The number of hydrogen-bond donors (Lipinski definition) is 1. The van der Waals surface area contributed by atoms with E-state index in [1.54, 1.807) is 24.3 Å². The second-order valence-corrected chi connectivity index (χ2v) is 7.68. The molecule has 0 unspecified atom stereocenters. The van der Waals surface area contributed by atoms with E-state index in [1.165, 1.54) is 0 Å². The van der Waals surface area contributed by atoms with E-state index in [0.29, 0.717) is 29.3 Å². The van der Waals surface area contributed by atoms with Crippen LogP contribution < -0.4 is 5.32 Å². The summed E-state index contributed by atoms with van der Waals surface area (Å²) in [4.78, 5) is 25.2. The molecule has 0 saturated heterocycles. The molecule has 3 aromatic rings. The molecule has 4 nitrogen and oxygen atoms in total. The third-order valence-corrected chi connectivity index (χ3v) is 4.75. The lowest BCUT2D eigenvalue weighted by molar-refractivity contribution is -0.111. The van der Waals surface area contributed by atoms with Crippen molar-refractivity contribution in [2.24, 2.45) is 5.92 Å². The van der Waals surface area contributed by atoms with Crippen molar-refractivity contribution in [3.05, 3.63) is 102 Å². The first-order valence-electron chi connectivity index (χ1n) is 10.4. The largest absolute Gasteiger partial charge is 0.462 e. The monoisotopic (exact) mass is 413 g/mol. The van der Waals surface area contributed by atoms with Gasteiger partial charge in [-0.05, 0) is 53.8 Å². The van der Waals surface area contributed by atoms with Crippen LogP contribution in [0.15, 0.2) is 84.9 Å². The van der Waals surface area contributed by atoms with Crippen LogP contribution in [0.2, 0.25) is 0 Å². The summed E-state index contributed by atoms with van der Waals surface area (Å²) in [6.45, 7) is 4.57. The Kier molecular flexibility index (Phi) is 7.77. The van der Waals surface area contributed by atoms with Crippen molar-refractivity contribution < 1.29 is 14.3 Å². The van der Waals surface area contributed by atoms with E-state index in [-0.39, 0.29) is 11.9 Å². The number of amides is 1. The Bertz CT molecular complexity index is 1020. The topological polar surface area (TPSA) is 55.4 Å². The number of benzene rings is 3. The molecule has 1 amide bonds. The second-order valence-electron chi connectivity index (χ2n) is 7.68. The molecule has 4 heteroatoms. The van der Waals surface area contributed by atoms with Gasteiger partial charge in [0.2, 0.25) is 0 Å². The van der Waals surface area contributed by atoms with E-state index >= 15 is 0 Å². The summed E-state index contributed by atoms with van der Waals surface area (Å²) in [5.74, 6) is -0.0945. The highest BCUT2D eigenvalue weighted by atomic mass is 16.5. The highest BCUT2D eigenvalue weighted by Crippen LogP contribution is 2.21. The number of ether oxygens (including phenoxy) is 1. The van der Waals surface area contributed by atoms with Crippen molar-refractivity contribution in [2.45, 2.75) is 20.3 Å². The highest BCUT2D eigenvalue weighted by molar-refractivity contribution is 6.29. The predicted octanol–water partition coefficient (Wildman–Crippen LogP) is 6.07. The minimum absolute atomic E-state index is 0.220. The molecule has 0 aromatic heterocycles. The minimum atomic E-state index is -0.354. The third-order valence-electron chi connectivity index (χ3n) is 4.75. The Morgan fingerprint density at radius 1 is 0.839 bits per heavy atom. The lowest BCUT2D eigenvalue weighted by atomic mass is 10.0. The van der Waals surface area contributed by atoms with Crippen LogP contribution in [0.5, 0.6) is 0 Å². The van der Waals surface area contributed by atoms with Gasteiger partial charge in [-0.1, -0.05) is 74.5 Å². The first-order chi connectivity index (χ1) is 15.0. The Morgan fingerprint density at radius 3 is 2.06 bits per heavy atom. The number of rotatable bonds is 8. The average Bonchev–Trinajstić information content (AvgIpc) is 2.79. The maximum Gasteiger partial charge on any atom is 0.338 e. The van der Waals surface area contributed by atoms with Gasteiger partial charge in [0.05, 0.1) is 12.2 Å². The Balaban J connectivity index is 1.73. The summed E-state index contributed by atoms with van der Waals surface area (Å²) in [7, 11) is 0. The molecule has 3 rings (SSSR count). The van der Waals surface area contributed by atoms with E-state index in [0.717, 1.165) is 17.5 Å². The lowest BCUT2D eigenvalue weighted by Gasteiger charge is -2.11. The van der Waals surface area contributed by atoms with Crippen LogP contribution in [0.3, 0.4) is 0 Å². The molecule has 1 N–H and O–H groups in total. The molecule has 0 fully saturated rings. The second kappa shape index (κ2) is 10.9. The summed E-state index contributed by atoms with van der Waals surface area (Å²) in [5.41, 5.74) is 3.40. The Hall–Kier alpha value is -3.66. The SMILES string of the molecule is CC(C)CCOC(=O)c1ccc(NC(=O)/C(=C/c2ccccc2)c2ccccc2)cc1. The summed E-state index contributed by atoms with van der Waals surface area (Å²) in [6.07, 6.45) is 2.70. The molecule has 3 aromatic carbocycles. The van der Waals surface area contributed by atoms with Crippen molar-refractivity contribution >= 4 is 29.2 Å². The molecule has 0 heterocycles. The van der Waals surface area contributed by atoms with Gasteiger partial charge in [-0.25, -0.2) is 4.79 Å². The molecule has 0 aliphatic carbocycles. The summed E-state index contributed by atoms with van der Waals surface area (Å²) in [6, 6.07) is 26.0. The third kappa shape index (κ3) is 6.68. The molecule has 0 bridgehead atoms. The lowest BCUT2D eigenvalue weighted by Crippen LogP contribution is -2.14. The fourth-order valence-corrected chi connectivity index (χ4v) is 2.97. The molecule has 0 aliphatic heterocycles. The van der Waals surface area contributed by atoms with E-state index in [1.807, 2.05) is 66.7 Å². The van der Waals surface area contributed by atoms with Crippen molar-refractivity contribution in [3.63, 3.8) is 0 Å². The van der Waals surface area contributed by atoms with E-state index in [9.17, 15) is 9.59 Å². The molecular formula is C27H27NO3. The van der Waals surface area contributed by atoms with Gasteiger partial charge in [-0.15, -0.1) is 0 Å². The van der Waals surface area contributed by atoms with Gasteiger partial charge in [0, 0.05) is 11.3 Å². The summed E-state index contributed by atoms with van der Waals surface area (Å²) >= 11 is 0. The standard InChI is InChI=1S/C27H27NO3/c1-20(2)17-18-31-27(30)23-13-15-24(16-14-23)28-26(29)25(22-11-7-4-8-12-22)19-21-9-5-3-6-10-21/h3-16,19-20H,17-18H2,1-2H3,(H,28,29)/b25-19+. The molecular weight excluding hydrogens is 386 g/mol. The highest BCUT2D eigenvalue weighted by Gasteiger charge is 2.13. The summed E-state index contributed by atoms with van der Waals surface area (Å²) in [5, 5.41) is 2.93. The Labute approximate surface area is 183 Å². The van der Waals surface area contributed by atoms with E-state index in [2.05, 4.69) is 19.2 Å². The van der Waals surface area contributed by atoms with Crippen molar-refractivity contribution in [2.75, 3.05) is 11.9 Å². The van der Waals surface area contributed by atoms with Gasteiger partial charge in [0.1, 0.15) is 0 Å². The number of anilines is 1. The molecule has 158 valence electrons. The van der Waals surface area contributed by atoms with Gasteiger partial charge < -0.3 is 10.1 Å². The van der Waals surface area contributed by atoms with Gasteiger partial charge in [-0.2, -0.15) is 0 Å². The minimum Gasteiger partial charge on any atom is -0.462 e. The zero-order valence-corrected chi connectivity index (χ0v) is 17.9. The number of nitrogens with one attached hydrogen (secondary N) is 1. The first-order valence-corrected chi connectivity index (χ1v) is 10.4. The van der Waals surface area contributed by atoms with Crippen molar-refractivity contribution in [3.8, 4) is 0 Å². The molecule has 0 aliphatic rings. The van der Waals surface area contributed by atoms with Crippen LogP contribution in [0.25, 0.3) is 11.6 Å².